The predicted molar refractivity (Wildman–Crippen MR) is 94.5 cm³/mol. The summed E-state index contributed by atoms with van der Waals surface area (Å²) in [4.78, 5) is 23.4. The van der Waals surface area contributed by atoms with Crippen LogP contribution >= 0.6 is 0 Å². The van der Waals surface area contributed by atoms with Gasteiger partial charge in [-0.1, -0.05) is 18.2 Å². The lowest BCUT2D eigenvalue weighted by Gasteiger charge is -2.21. The number of nitrogen functional groups attached to an aromatic ring is 1. The van der Waals surface area contributed by atoms with Crippen LogP contribution in [0.4, 0.5) is 5.95 Å². The maximum Gasteiger partial charge on any atom is 0.273 e. The summed E-state index contributed by atoms with van der Waals surface area (Å²) in [6.45, 7) is 1.25. The fourth-order valence-electron chi connectivity index (χ4n) is 3.64. The van der Waals surface area contributed by atoms with Crippen LogP contribution in [-0.2, 0) is 12.8 Å². The summed E-state index contributed by atoms with van der Waals surface area (Å²) < 4.78 is 5.98. The molecule has 1 aliphatic carbocycles. The maximum atomic E-state index is 13.0. The number of aryl methyl sites for hydroxylation is 1. The summed E-state index contributed by atoms with van der Waals surface area (Å²) in [7, 11) is 0. The number of carbonyl (C=O) groups is 1. The third-order valence-electron chi connectivity index (χ3n) is 4.88. The number of hydrogen-bond donors (Lipinski definition) is 1. The molecule has 1 atom stereocenters. The molecule has 0 radical (unpaired) electrons. The zero-order chi connectivity index (χ0) is 17.2. The number of hydrogen-bond acceptors (Lipinski definition) is 5. The van der Waals surface area contributed by atoms with Gasteiger partial charge in [0, 0.05) is 24.2 Å². The highest BCUT2D eigenvalue weighted by atomic mass is 16.5. The van der Waals surface area contributed by atoms with Crippen LogP contribution in [0.3, 0.4) is 0 Å². The van der Waals surface area contributed by atoms with Gasteiger partial charge >= 0.3 is 0 Å². The van der Waals surface area contributed by atoms with Gasteiger partial charge in [0.15, 0.2) is 0 Å². The second-order valence-electron chi connectivity index (χ2n) is 6.66. The van der Waals surface area contributed by atoms with Crippen molar-refractivity contribution < 1.29 is 9.53 Å². The molecule has 6 heteroatoms. The molecule has 130 valence electrons. The smallest absolute Gasteiger partial charge is 0.273 e. The number of rotatable bonds is 3. The number of nitrogens with two attached hydrogens (primary N) is 1. The van der Waals surface area contributed by atoms with E-state index in [1.54, 1.807) is 0 Å². The number of ether oxygens (including phenoxy) is 1. The lowest BCUT2D eigenvalue weighted by Crippen LogP contribution is -2.33. The minimum Gasteiger partial charge on any atom is -0.489 e. The van der Waals surface area contributed by atoms with E-state index in [9.17, 15) is 4.79 Å². The SMILES string of the molecule is Nc1nc2c(c(C(=O)N3CCC(Oc4ccccc4)C3)n1)CCCC2. The standard InChI is InChI=1S/C19H22N4O2/c20-19-21-16-9-5-4-8-15(16)17(22-19)18(24)23-11-10-14(12-23)25-13-6-2-1-3-7-13/h1-3,6-7,14H,4-5,8-12H2,(H2,20,21,22). The molecular formula is C19H22N4O2. The van der Waals surface area contributed by atoms with Crippen molar-refractivity contribution in [2.24, 2.45) is 0 Å². The van der Waals surface area contributed by atoms with Crippen molar-refractivity contribution >= 4 is 11.9 Å². The Morgan fingerprint density at radius 2 is 1.96 bits per heavy atom. The molecule has 1 aromatic heterocycles. The van der Waals surface area contributed by atoms with E-state index in [0.29, 0.717) is 18.8 Å². The molecule has 1 amide bonds. The van der Waals surface area contributed by atoms with Crippen LogP contribution in [0.25, 0.3) is 0 Å². The molecule has 0 bridgehead atoms. The van der Waals surface area contributed by atoms with Crippen LogP contribution < -0.4 is 10.5 Å². The summed E-state index contributed by atoms with van der Waals surface area (Å²) in [5.74, 6) is 0.983. The Morgan fingerprint density at radius 1 is 1.16 bits per heavy atom. The molecule has 1 fully saturated rings. The summed E-state index contributed by atoms with van der Waals surface area (Å²) >= 11 is 0. The highest BCUT2D eigenvalue weighted by Crippen LogP contribution is 2.25. The van der Waals surface area contributed by atoms with Gasteiger partial charge in [0.05, 0.1) is 6.54 Å². The molecule has 2 N–H and O–H groups in total. The minimum atomic E-state index is -0.0496. The Balaban J connectivity index is 1.50. The third-order valence-corrected chi connectivity index (χ3v) is 4.88. The number of aromatic nitrogens is 2. The van der Waals surface area contributed by atoms with Gasteiger partial charge in [-0.3, -0.25) is 4.79 Å². The lowest BCUT2D eigenvalue weighted by atomic mass is 9.94. The van der Waals surface area contributed by atoms with Gasteiger partial charge in [-0.05, 0) is 37.8 Å². The Kier molecular flexibility index (Phi) is 4.26. The van der Waals surface area contributed by atoms with Crippen LogP contribution in [0.2, 0.25) is 0 Å². The molecular weight excluding hydrogens is 316 g/mol. The highest BCUT2D eigenvalue weighted by molar-refractivity contribution is 5.94. The molecule has 0 spiro atoms. The number of para-hydroxylation sites is 1. The zero-order valence-corrected chi connectivity index (χ0v) is 14.1. The van der Waals surface area contributed by atoms with Gasteiger partial charge in [0.1, 0.15) is 17.5 Å². The summed E-state index contributed by atoms with van der Waals surface area (Å²) in [6.07, 6.45) is 4.73. The fourth-order valence-corrected chi connectivity index (χ4v) is 3.64. The van der Waals surface area contributed by atoms with Crippen molar-refractivity contribution in [1.29, 1.82) is 0 Å². The van der Waals surface area contributed by atoms with Crippen molar-refractivity contribution in [3.05, 3.63) is 47.3 Å². The van der Waals surface area contributed by atoms with Crippen LogP contribution in [0.15, 0.2) is 30.3 Å². The summed E-state index contributed by atoms with van der Waals surface area (Å²) in [5, 5.41) is 0. The van der Waals surface area contributed by atoms with Crippen LogP contribution in [0.1, 0.15) is 41.0 Å². The molecule has 2 heterocycles. The number of carbonyl (C=O) groups excluding carboxylic acids is 1. The number of benzene rings is 1. The van der Waals surface area contributed by atoms with Gasteiger partial charge in [-0.15, -0.1) is 0 Å². The molecule has 0 saturated carbocycles. The van der Waals surface area contributed by atoms with E-state index in [-0.39, 0.29) is 18.0 Å². The summed E-state index contributed by atoms with van der Waals surface area (Å²) in [6, 6.07) is 9.73. The Bertz CT molecular complexity index is 778. The quantitative estimate of drug-likeness (QED) is 0.928. The van der Waals surface area contributed by atoms with E-state index in [2.05, 4.69) is 9.97 Å². The van der Waals surface area contributed by atoms with E-state index in [1.807, 2.05) is 35.2 Å². The van der Waals surface area contributed by atoms with Gasteiger partial charge < -0.3 is 15.4 Å². The van der Waals surface area contributed by atoms with Crippen LogP contribution in [0, 0.1) is 0 Å². The van der Waals surface area contributed by atoms with Crippen molar-refractivity contribution in [2.75, 3.05) is 18.8 Å². The van der Waals surface area contributed by atoms with Gasteiger partial charge in [-0.2, -0.15) is 0 Å². The topological polar surface area (TPSA) is 81.3 Å². The van der Waals surface area contributed by atoms with Crippen LogP contribution in [0.5, 0.6) is 5.75 Å². The maximum absolute atomic E-state index is 13.0. The normalized spacial score (nSPS) is 19.5. The third kappa shape index (κ3) is 3.29. The molecule has 1 saturated heterocycles. The number of anilines is 1. The molecule has 2 aliphatic rings. The molecule has 1 aromatic carbocycles. The van der Waals surface area contributed by atoms with Gasteiger partial charge in [0.25, 0.3) is 5.91 Å². The first-order valence-corrected chi connectivity index (χ1v) is 8.87. The van der Waals surface area contributed by atoms with E-state index < -0.39 is 0 Å². The Labute approximate surface area is 147 Å². The van der Waals surface area contributed by atoms with Gasteiger partial charge in [-0.25, -0.2) is 9.97 Å². The molecule has 4 rings (SSSR count). The molecule has 25 heavy (non-hydrogen) atoms. The molecule has 1 aliphatic heterocycles. The van der Waals surface area contributed by atoms with E-state index >= 15 is 0 Å². The van der Waals surface area contributed by atoms with Crippen LogP contribution in [-0.4, -0.2) is 40.0 Å². The van der Waals surface area contributed by atoms with E-state index in [0.717, 1.165) is 49.1 Å². The summed E-state index contributed by atoms with van der Waals surface area (Å²) in [5.41, 5.74) is 8.25. The van der Waals surface area contributed by atoms with Crippen molar-refractivity contribution in [2.45, 2.75) is 38.2 Å². The number of nitrogens with zero attached hydrogens (tertiary/aromatic N) is 3. The lowest BCUT2D eigenvalue weighted by molar-refractivity contribution is 0.0765. The largest absolute Gasteiger partial charge is 0.489 e. The van der Waals surface area contributed by atoms with E-state index in [1.165, 1.54) is 0 Å². The number of likely N-dealkylation sites (tertiary alicyclic amines) is 1. The molecule has 2 aromatic rings. The first-order chi connectivity index (χ1) is 12.2. The highest BCUT2D eigenvalue weighted by Gasteiger charge is 2.31. The second kappa shape index (κ2) is 6.70. The average molecular weight is 338 g/mol. The molecule has 6 nitrogen and oxygen atoms in total. The number of amides is 1. The average Bonchev–Trinajstić information content (AvgIpc) is 3.09. The van der Waals surface area contributed by atoms with Crippen molar-refractivity contribution in [1.82, 2.24) is 14.9 Å². The Morgan fingerprint density at radius 3 is 2.80 bits per heavy atom. The first kappa shape index (κ1) is 15.9. The monoisotopic (exact) mass is 338 g/mol. The Hall–Kier alpha value is -2.63. The fraction of sp³-hybridized carbons (Fsp3) is 0.421. The second-order valence-corrected chi connectivity index (χ2v) is 6.66. The number of fused-ring (bicyclic) bond motifs is 1. The van der Waals surface area contributed by atoms with Crippen molar-refractivity contribution in [3.8, 4) is 5.75 Å². The predicted octanol–water partition coefficient (Wildman–Crippen LogP) is 2.23. The van der Waals surface area contributed by atoms with Gasteiger partial charge in [0.2, 0.25) is 5.95 Å². The molecule has 1 unspecified atom stereocenters. The zero-order valence-electron chi connectivity index (χ0n) is 14.1. The minimum absolute atomic E-state index is 0.0151. The van der Waals surface area contributed by atoms with Crippen molar-refractivity contribution in [3.63, 3.8) is 0 Å². The first-order valence-electron chi connectivity index (χ1n) is 8.87. The van der Waals surface area contributed by atoms with E-state index in [4.69, 9.17) is 10.5 Å².